The quantitative estimate of drug-likeness (QED) is 0.672. The second kappa shape index (κ2) is 7.70. The molecule has 1 aliphatic heterocycles. The van der Waals surface area contributed by atoms with E-state index in [9.17, 15) is 9.59 Å². The van der Waals surface area contributed by atoms with Crippen molar-refractivity contribution in [1.29, 1.82) is 0 Å². The van der Waals surface area contributed by atoms with Crippen molar-refractivity contribution in [2.24, 2.45) is 5.92 Å². The Morgan fingerprint density at radius 2 is 1.86 bits per heavy atom. The Hall–Kier alpha value is -3.15. The zero-order chi connectivity index (χ0) is 20.5. The van der Waals surface area contributed by atoms with Gasteiger partial charge in [-0.1, -0.05) is 44.2 Å². The van der Waals surface area contributed by atoms with E-state index in [1.807, 2.05) is 48.5 Å². The first-order valence-electron chi connectivity index (χ1n) is 10.1. The molecule has 29 heavy (non-hydrogen) atoms. The Morgan fingerprint density at radius 1 is 1.14 bits per heavy atom. The largest absolute Gasteiger partial charge is 0.344 e. The maximum absolute atomic E-state index is 13.1. The van der Waals surface area contributed by atoms with E-state index >= 15 is 0 Å². The van der Waals surface area contributed by atoms with Crippen LogP contribution in [0.15, 0.2) is 48.5 Å². The van der Waals surface area contributed by atoms with Crippen LogP contribution in [0.4, 0.5) is 0 Å². The van der Waals surface area contributed by atoms with Crippen LogP contribution in [0.5, 0.6) is 0 Å². The number of aromatic nitrogens is 2. The number of carbonyl (C=O) groups excluding carboxylic acids is 2. The van der Waals surface area contributed by atoms with Crippen molar-refractivity contribution in [3.63, 3.8) is 0 Å². The van der Waals surface area contributed by atoms with Crippen LogP contribution in [0, 0.1) is 5.92 Å². The summed E-state index contributed by atoms with van der Waals surface area (Å²) in [6.07, 6.45) is 0.756. The Balaban J connectivity index is 1.53. The summed E-state index contributed by atoms with van der Waals surface area (Å²) in [4.78, 5) is 35.4. The topological polar surface area (TPSA) is 78.1 Å². The highest BCUT2D eigenvalue weighted by Crippen LogP contribution is 2.26. The average molecular weight is 390 g/mol. The summed E-state index contributed by atoms with van der Waals surface area (Å²) < 4.78 is 0. The second-order valence-electron chi connectivity index (χ2n) is 8.10. The van der Waals surface area contributed by atoms with Crippen LogP contribution in [-0.2, 0) is 11.3 Å². The van der Waals surface area contributed by atoms with E-state index in [4.69, 9.17) is 0 Å². The molecule has 6 heteroatoms. The molecule has 2 heterocycles. The number of rotatable bonds is 6. The predicted octanol–water partition coefficient (Wildman–Crippen LogP) is 3.81. The molecule has 2 aromatic carbocycles. The Bertz CT molecular complexity index is 1020. The third kappa shape index (κ3) is 3.75. The van der Waals surface area contributed by atoms with Crippen molar-refractivity contribution in [1.82, 2.24) is 20.2 Å². The van der Waals surface area contributed by atoms with Crippen molar-refractivity contribution in [3.05, 3.63) is 65.5 Å². The van der Waals surface area contributed by atoms with Crippen LogP contribution in [-0.4, -0.2) is 32.7 Å². The zero-order valence-corrected chi connectivity index (χ0v) is 17.0. The molecule has 2 amide bonds. The Kier molecular flexibility index (Phi) is 5.09. The fourth-order valence-corrected chi connectivity index (χ4v) is 3.87. The van der Waals surface area contributed by atoms with Crippen LogP contribution in [0.2, 0.25) is 0 Å². The minimum absolute atomic E-state index is 0.0904. The van der Waals surface area contributed by atoms with E-state index in [1.165, 1.54) is 0 Å². The molecule has 0 radical (unpaired) electrons. The molecule has 0 saturated heterocycles. The van der Waals surface area contributed by atoms with Crippen molar-refractivity contribution in [3.8, 4) is 0 Å². The van der Waals surface area contributed by atoms with Gasteiger partial charge in [-0.2, -0.15) is 0 Å². The van der Waals surface area contributed by atoms with Gasteiger partial charge >= 0.3 is 0 Å². The normalized spacial score (nSPS) is 15.6. The molecule has 0 saturated carbocycles. The van der Waals surface area contributed by atoms with Gasteiger partial charge in [-0.3, -0.25) is 9.59 Å². The van der Waals surface area contributed by atoms with Gasteiger partial charge in [0.2, 0.25) is 5.91 Å². The fraction of sp³-hybridized carbons (Fsp3) is 0.348. The number of amides is 2. The molecule has 3 aromatic rings. The molecular weight excluding hydrogens is 364 g/mol. The van der Waals surface area contributed by atoms with E-state index in [-0.39, 0.29) is 17.9 Å². The molecule has 2 N–H and O–H groups in total. The van der Waals surface area contributed by atoms with E-state index < -0.39 is 6.04 Å². The smallest absolute Gasteiger partial charge is 0.255 e. The highest BCUT2D eigenvalue weighted by Gasteiger charge is 2.34. The van der Waals surface area contributed by atoms with Crippen molar-refractivity contribution < 1.29 is 9.59 Å². The number of hydrogen-bond acceptors (Lipinski definition) is 3. The highest BCUT2D eigenvalue weighted by atomic mass is 16.2. The molecule has 1 aliphatic rings. The fourth-order valence-electron chi connectivity index (χ4n) is 3.87. The number of nitrogens with zero attached hydrogens (tertiary/aromatic N) is 2. The lowest BCUT2D eigenvalue weighted by Gasteiger charge is -2.26. The number of aromatic amines is 1. The predicted molar refractivity (Wildman–Crippen MR) is 112 cm³/mol. The number of H-pyrrole nitrogens is 1. The van der Waals surface area contributed by atoms with Gasteiger partial charge in [0.1, 0.15) is 11.9 Å². The molecule has 0 bridgehead atoms. The molecule has 150 valence electrons. The van der Waals surface area contributed by atoms with Crippen LogP contribution >= 0.6 is 0 Å². The van der Waals surface area contributed by atoms with Gasteiger partial charge in [-0.25, -0.2) is 4.98 Å². The summed E-state index contributed by atoms with van der Waals surface area (Å²) in [5.41, 5.74) is 3.48. The lowest BCUT2D eigenvalue weighted by Crippen LogP contribution is -2.46. The van der Waals surface area contributed by atoms with E-state index in [0.29, 0.717) is 18.0 Å². The highest BCUT2D eigenvalue weighted by molar-refractivity contribution is 6.01. The summed E-state index contributed by atoms with van der Waals surface area (Å²) >= 11 is 0. The summed E-state index contributed by atoms with van der Waals surface area (Å²) in [5.74, 6) is 0.864. The van der Waals surface area contributed by atoms with Gasteiger partial charge in [0.05, 0.1) is 17.1 Å². The summed E-state index contributed by atoms with van der Waals surface area (Å²) in [6.45, 7) is 6.48. The molecule has 0 spiro atoms. The number of fused-ring (bicyclic) bond motifs is 2. The van der Waals surface area contributed by atoms with Gasteiger partial charge in [-0.05, 0) is 43.0 Å². The molecule has 1 aromatic heterocycles. The maximum Gasteiger partial charge on any atom is 0.255 e. The first-order chi connectivity index (χ1) is 13.9. The number of para-hydroxylation sites is 2. The Labute approximate surface area is 170 Å². The second-order valence-corrected chi connectivity index (χ2v) is 8.10. The summed E-state index contributed by atoms with van der Waals surface area (Å²) in [5, 5.41) is 3.12. The number of hydrogen-bond donors (Lipinski definition) is 2. The molecular formula is C23H26N4O2. The van der Waals surface area contributed by atoms with Gasteiger partial charge < -0.3 is 15.2 Å². The number of carbonyl (C=O) groups is 2. The van der Waals surface area contributed by atoms with Gasteiger partial charge in [0.15, 0.2) is 0 Å². The van der Waals surface area contributed by atoms with Gasteiger partial charge in [0, 0.05) is 12.1 Å². The molecule has 6 nitrogen and oxygen atoms in total. The van der Waals surface area contributed by atoms with Crippen LogP contribution in [0.1, 0.15) is 55.0 Å². The molecule has 4 rings (SSSR count). The monoisotopic (exact) mass is 390 g/mol. The third-order valence-corrected chi connectivity index (χ3v) is 5.46. The minimum Gasteiger partial charge on any atom is -0.344 e. The summed E-state index contributed by atoms with van der Waals surface area (Å²) in [7, 11) is 0. The lowest BCUT2D eigenvalue weighted by atomic mass is 10.0. The summed E-state index contributed by atoms with van der Waals surface area (Å²) in [6, 6.07) is 14.6. The average Bonchev–Trinajstić information content (AvgIpc) is 3.28. The lowest BCUT2D eigenvalue weighted by molar-refractivity contribution is -0.126. The number of nitrogens with one attached hydrogen (secondary N) is 2. The van der Waals surface area contributed by atoms with Crippen LogP contribution in [0.25, 0.3) is 11.0 Å². The van der Waals surface area contributed by atoms with Gasteiger partial charge in [0.25, 0.3) is 5.91 Å². The maximum atomic E-state index is 13.1. The van der Waals surface area contributed by atoms with Crippen molar-refractivity contribution in [2.75, 3.05) is 0 Å². The van der Waals surface area contributed by atoms with Crippen molar-refractivity contribution in [2.45, 2.75) is 45.8 Å². The van der Waals surface area contributed by atoms with Crippen LogP contribution < -0.4 is 5.32 Å². The van der Waals surface area contributed by atoms with E-state index in [0.717, 1.165) is 28.8 Å². The molecule has 2 atom stereocenters. The van der Waals surface area contributed by atoms with Crippen molar-refractivity contribution >= 4 is 22.8 Å². The molecule has 0 fully saturated rings. The van der Waals surface area contributed by atoms with Gasteiger partial charge in [-0.15, -0.1) is 0 Å². The first-order valence-corrected chi connectivity index (χ1v) is 10.1. The molecule has 0 aliphatic carbocycles. The first kappa shape index (κ1) is 19.2. The number of imidazole rings is 1. The Morgan fingerprint density at radius 3 is 2.59 bits per heavy atom. The SMILES string of the molecule is CC(C)CC(NC(=O)C(C)N1Cc2ccccc2C1=O)c1nc2ccccc2[nH]1. The minimum atomic E-state index is -0.561. The third-order valence-electron chi connectivity index (χ3n) is 5.46. The van der Waals surface area contributed by atoms with E-state index in [2.05, 4.69) is 29.1 Å². The standard InChI is InChI=1S/C23H26N4O2/c1-14(2)12-20(21-24-18-10-6-7-11-19(18)25-21)26-22(28)15(3)27-13-16-8-4-5-9-17(16)23(27)29/h4-11,14-15,20H,12-13H2,1-3H3,(H,24,25)(H,26,28). The molecule has 2 unspecified atom stereocenters. The van der Waals surface area contributed by atoms with E-state index in [1.54, 1.807) is 11.8 Å². The number of benzene rings is 2. The van der Waals surface area contributed by atoms with Crippen LogP contribution in [0.3, 0.4) is 0 Å². The zero-order valence-electron chi connectivity index (χ0n) is 17.0.